The largest absolute Gasteiger partial charge is 0.529 e. The maximum atomic E-state index is 12.4. The van der Waals surface area contributed by atoms with Crippen LogP contribution in [0.1, 0.15) is 8.22 Å². The van der Waals surface area contributed by atoms with Gasteiger partial charge in [0.05, 0.1) is 4.90 Å². The van der Waals surface area contributed by atoms with E-state index in [9.17, 15) is 13.0 Å². The molecule has 0 atom stereocenters. The molecule has 9 heteroatoms. The average molecular weight is 315 g/mol. The van der Waals surface area contributed by atoms with Crippen LogP contribution in [0, 0.1) is 0 Å². The maximum Gasteiger partial charge on any atom is 0.529 e. The van der Waals surface area contributed by atoms with Gasteiger partial charge in [-0.3, -0.25) is 9.05 Å². The maximum absolute atomic E-state index is 12.4. The summed E-state index contributed by atoms with van der Waals surface area (Å²) in [4.78, 5) is -0.600. The SMILES string of the molecule is [2H]C([2H])([2H])N(C([2H])([2H])[2H])S(=O)(=O)c1ccc(OP(=O)(OC)OC)cc1. The van der Waals surface area contributed by atoms with E-state index >= 15 is 0 Å². The van der Waals surface area contributed by atoms with Crippen LogP contribution < -0.4 is 4.52 Å². The molecule has 0 saturated carbocycles. The summed E-state index contributed by atoms with van der Waals surface area (Å²) in [5.41, 5.74) is 0. The van der Waals surface area contributed by atoms with Gasteiger partial charge >= 0.3 is 7.82 Å². The van der Waals surface area contributed by atoms with Gasteiger partial charge in [-0.15, -0.1) is 0 Å². The summed E-state index contributed by atoms with van der Waals surface area (Å²) in [6.07, 6.45) is 0. The first-order chi connectivity index (χ1) is 11.2. The summed E-state index contributed by atoms with van der Waals surface area (Å²) < 4.78 is 93.3. The molecule has 0 radical (unpaired) electrons. The summed E-state index contributed by atoms with van der Waals surface area (Å²) in [7, 11) is -6.58. The number of rotatable bonds is 6. The molecule has 1 aromatic carbocycles. The second kappa shape index (κ2) is 6.02. The molecule has 0 aliphatic heterocycles. The quantitative estimate of drug-likeness (QED) is 0.743. The zero-order valence-corrected chi connectivity index (χ0v) is 11.8. The molecule has 0 bridgehead atoms. The molecule has 19 heavy (non-hydrogen) atoms. The van der Waals surface area contributed by atoms with Crippen LogP contribution in [-0.2, 0) is 23.6 Å². The first-order valence-corrected chi connectivity index (χ1v) is 7.64. The Bertz CT molecular complexity index is 725. The fraction of sp³-hybridized carbons (Fsp3) is 0.400. The van der Waals surface area contributed by atoms with Crippen LogP contribution in [0.5, 0.6) is 5.75 Å². The van der Waals surface area contributed by atoms with Gasteiger partial charge in [0.25, 0.3) is 0 Å². The van der Waals surface area contributed by atoms with E-state index in [1.807, 2.05) is 0 Å². The van der Waals surface area contributed by atoms with Crippen molar-refractivity contribution in [2.24, 2.45) is 0 Å². The molecule has 0 amide bonds. The molecule has 0 aromatic heterocycles. The third-order valence-electron chi connectivity index (χ3n) is 2.03. The number of phosphoric ester groups is 1. The van der Waals surface area contributed by atoms with E-state index in [-0.39, 0.29) is 5.75 Å². The van der Waals surface area contributed by atoms with Crippen LogP contribution in [-0.4, -0.2) is 40.9 Å². The van der Waals surface area contributed by atoms with Crippen molar-refractivity contribution in [1.29, 1.82) is 0 Å². The Hall–Kier alpha value is -0.920. The highest BCUT2D eigenvalue weighted by atomic mass is 32.2. The molecular formula is C10H16NO6PS. The highest BCUT2D eigenvalue weighted by Gasteiger charge is 2.25. The van der Waals surface area contributed by atoms with Crippen LogP contribution in [0.3, 0.4) is 0 Å². The minimum atomic E-state index is -4.87. The van der Waals surface area contributed by atoms with Crippen LogP contribution in [0.2, 0.25) is 0 Å². The Morgan fingerprint density at radius 1 is 1.16 bits per heavy atom. The Morgan fingerprint density at radius 3 is 2.11 bits per heavy atom. The average Bonchev–Trinajstić information content (AvgIpc) is 2.44. The van der Waals surface area contributed by atoms with Gasteiger partial charge in [0, 0.05) is 36.4 Å². The summed E-state index contributed by atoms with van der Waals surface area (Å²) in [5.74, 6) is -0.0969. The fourth-order valence-electron chi connectivity index (χ4n) is 1.06. The standard InChI is InChI=1S/C10H16NO6PS/c1-11(2)19(13,14)10-7-5-9(6-8-10)17-18(12,15-3)16-4/h5-8H,1-4H3/i1D3,2D3. The smallest absolute Gasteiger partial charge is 0.404 e. The van der Waals surface area contributed by atoms with Gasteiger partial charge in [-0.2, -0.15) is 0 Å². The molecule has 0 heterocycles. The second-order valence-electron chi connectivity index (χ2n) is 3.14. The van der Waals surface area contributed by atoms with Crippen LogP contribution >= 0.6 is 7.82 Å². The molecule has 1 rings (SSSR count). The highest BCUT2D eigenvalue weighted by molar-refractivity contribution is 7.89. The molecule has 0 N–H and O–H groups in total. The van der Waals surface area contributed by atoms with Crippen molar-refractivity contribution in [3.8, 4) is 5.75 Å². The monoisotopic (exact) mass is 315 g/mol. The summed E-state index contributed by atoms with van der Waals surface area (Å²) in [6.45, 7) is -6.83. The lowest BCUT2D eigenvalue weighted by Crippen LogP contribution is -2.22. The third kappa shape index (κ3) is 3.77. The zero-order chi connectivity index (χ0) is 19.7. The van der Waals surface area contributed by atoms with Crippen LogP contribution in [0.4, 0.5) is 0 Å². The van der Waals surface area contributed by atoms with E-state index in [2.05, 4.69) is 9.05 Å². The molecule has 108 valence electrons. The van der Waals surface area contributed by atoms with Crippen molar-refractivity contribution >= 4 is 17.8 Å². The van der Waals surface area contributed by atoms with Gasteiger partial charge in [0.2, 0.25) is 10.0 Å². The molecule has 0 fully saturated rings. The summed E-state index contributed by atoms with van der Waals surface area (Å²) >= 11 is 0. The van der Waals surface area contributed by atoms with Gasteiger partial charge in [-0.25, -0.2) is 17.3 Å². The lowest BCUT2D eigenvalue weighted by atomic mass is 10.3. The Labute approximate surface area is 121 Å². The van der Waals surface area contributed by atoms with Gasteiger partial charge in [0.1, 0.15) is 5.75 Å². The van der Waals surface area contributed by atoms with Gasteiger partial charge in [0.15, 0.2) is 0 Å². The molecule has 0 aliphatic carbocycles. The number of phosphoric acid groups is 1. The van der Waals surface area contributed by atoms with Crippen molar-refractivity contribution in [3.63, 3.8) is 0 Å². The predicted octanol–water partition coefficient (Wildman–Crippen LogP) is 1.72. The number of benzene rings is 1. The minimum Gasteiger partial charge on any atom is -0.404 e. The van der Waals surface area contributed by atoms with E-state index < -0.39 is 41.0 Å². The lowest BCUT2D eigenvalue weighted by molar-refractivity contribution is 0.211. The Morgan fingerprint density at radius 2 is 1.68 bits per heavy atom. The van der Waals surface area contributed by atoms with Crippen molar-refractivity contribution < 1.29 is 34.8 Å². The number of hydrogen-bond donors (Lipinski definition) is 0. The van der Waals surface area contributed by atoms with E-state index in [1.54, 1.807) is 0 Å². The highest BCUT2D eigenvalue weighted by Crippen LogP contribution is 2.47. The van der Waals surface area contributed by atoms with Crippen molar-refractivity contribution in [3.05, 3.63) is 24.3 Å². The topological polar surface area (TPSA) is 82.1 Å². The van der Waals surface area contributed by atoms with Crippen molar-refractivity contribution in [2.75, 3.05) is 28.2 Å². The predicted molar refractivity (Wildman–Crippen MR) is 69.6 cm³/mol. The number of hydrogen-bond acceptors (Lipinski definition) is 6. The fourth-order valence-corrected chi connectivity index (χ4v) is 2.42. The van der Waals surface area contributed by atoms with Crippen LogP contribution in [0.15, 0.2) is 29.2 Å². The molecule has 0 saturated heterocycles. The van der Waals surface area contributed by atoms with Gasteiger partial charge in [-0.05, 0) is 24.3 Å². The zero-order valence-electron chi connectivity index (χ0n) is 16.1. The molecule has 7 nitrogen and oxygen atoms in total. The Balaban J connectivity index is 3.26. The van der Waals surface area contributed by atoms with E-state index in [0.717, 1.165) is 38.5 Å². The molecule has 1 aromatic rings. The van der Waals surface area contributed by atoms with E-state index in [4.69, 9.17) is 12.7 Å². The number of nitrogens with zero attached hydrogens (tertiary/aromatic N) is 1. The van der Waals surface area contributed by atoms with Gasteiger partial charge < -0.3 is 4.52 Å². The second-order valence-corrected chi connectivity index (χ2v) is 6.74. The molecule has 0 unspecified atom stereocenters. The minimum absolute atomic E-state index is 0.0969. The molecule has 0 spiro atoms. The van der Waals surface area contributed by atoms with Crippen LogP contribution in [0.25, 0.3) is 0 Å². The summed E-state index contributed by atoms with van der Waals surface area (Å²) in [5, 5.41) is 0. The van der Waals surface area contributed by atoms with Gasteiger partial charge in [-0.1, -0.05) is 0 Å². The normalized spacial score (nSPS) is 18.7. The lowest BCUT2D eigenvalue weighted by Gasteiger charge is -2.15. The van der Waals surface area contributed by atoms with Crippen molar-refractivity contribution in [1.82, 2.24) is 4.31 Å². The first-order valence-electron chi connectivity index (χ1n) is 7.74. The molecular weight excluding hydrogens is 293 g/mol. The third-order valence-corrected chi connectivity index (χ3v) is 4.70. The van der Waals surface area contributed by atoms with E-state index in [1.165, 1.54) is 0 Å². The number of sulfonamides is 1. The first kappa shape index (κ1) is 9.10. The molecule has 0 aliphatic rings. The summed E-state index contributed by atoms with van der Waals surface area (Å²) in [6, 6.07) is 3.92. The van der Waals surface area contributed by atoms with Crippen molar-refractivity contribution in [2.45, 2.75) is 4.90 Å². The Kier molecular flexibility index (Phi) is 2.88. The van der Waals surface area contributed by atoms with E-state index in [0.29, 0.717) is 0 Å².